The Labute approximate surface area is 180 Å². The molecule has 166 valence electrons. The Kier molecular flexibility index (Phi) is 6.58. The normalized spacial score (nSPS) is 23.1. The predicted molar refractivity (Wildman–Crippen MR) is 119 cm³/mol. The minimum absolute atomic E-state index is 0.0593. The molecule has 0 saturated carbocycles. The van der Waals surface area contributed by atoms with E-state index in [2.05, 4.69) is 56.6 Å². The number of aromatic amines is 1. The lowest BCUT2D eigenvalue weighted by Gasteiger charge is -2.48. The van der Waals surface area contributed by atoms with Gasteiger partial charge in [0.1, 0.15) is 0 Å². The number of carbonyl (C=O) groups is 1. The number of nitrogens with one attached hydrogen (secondary N) is 1. The maximum atomic E-state index is 12.9. The number of pyridine rings is 1. The van der Waals surface area contributed by atoms with Gasteiger partial charge in [0.05, 0.1) is 18.1 Å². The van der Waals surface area contributed by atoms with Crippen LogP contribution in [0.5, 0.6) is 0 Å². The number of esters is 1. The molecule has 0 bridgehead atoms. The van der Waals surface area contributed by atoms with E-state index < -0.39 is 5.60 Å². The summed E-state index contributed by atoms with van der Waals surface area (Å²) in [5.74, 6) is 0.0497. The molecule has 1 aliphatic heterocycles. The van der Waals surface area contributed by atoms with Gasteiger partial charge >= 0.3 is 5.97 Å². The van der Waals surface area contributed by atoms with E-state index in [0.29, 0.717) is 25.5 Å². The lowest BCUT2D eigenvalue weighted by molar-refractivity contribution is -0.184. The molecule has 1 aliphatic rings. The van der Waals surface area contributed by atoms with Gasteiger partial charge in [-0.1, -0.05) is 27.7 Å². The monoisotopic (exact) mass is 415 g/mol. The number of aromatic nitrogens is 2. The summed E-state index contributed by atoms with van der Waals surface area (Å²) in [5, 5.41) is 0. The molecular formula is C24H37N3O3. The highest BCUT2D eigenvalue weighted by atomic mass is 16.6. The van der Waals surface area contributed by atoms with Gasteiger partial charge in [0, 0.05) is 37.6 Å². The van der Waals surface area contributed by atoms with Gasteiger partial charge in [0.2, 0.25) is 0 Å². The number of H-pyrrole nitrogens is 1. The van der Waals surface area contributed by atoms with E-state index in [4.69, 9.17) is 14.5 Å². The number of carbonyl (C=O) groups excluding carboxylic acids is 1. The zero-order valence-electron chi connectivity index (χ0n) is 19.6. The molecular weight excluding hydrogens is 378 g/mol. The molecule has 3 rings (SSSR count). The first-order valence-corrected chi connectivity index (χ1v) is 11.0. The van der Waals surface area contributed by atoms with Gasteiger partial charge in [-0.3, -0.25) is 9.88 Å². The Hall–Kier alpha value is -1.92. The van der Waals surface area contributed by atoms with Crippen LogP contribution >= 0.6 is 0 Å². The van der Waals surface area contributed by atoms with Gasteiger partial charge in [-0.05, 0) is 55.7 Å². The molecule has 2 aromatic rings. The molecule has 1 fully saturated rings. The van der Waals surface area contributed by atoms with Crippen molar-refractivity contribution in [3.05, 3.63) is 29.1 Å². The molecule has 6 nitrogen and oxygen atoms in total. The second-order valence-electron chi connectivity index (χ2n) is 9.89. The lowest BCUT2D eigenvalue weighted by atomic mass is 9.71. The van der Waals surface area contributed by atoms with E-state index in [1.165, 1.54) is 12.7 Å². The van der Waals surface area contributed by atoms with Gasteiger partial charge in [-0.2, -0.15) is 0 Å². The van der Waals surface area contributed by atoms with Crippen molar-refractivity contribution in [2.24, 2.45) is 11.3 Å². The summed E-state index contributed by atoms with van der Waals surface area (Å²) in [7, 11) is 1.46. The molecule has 0 radical (unpaired) electrons. The van der Waals surface area contributed by atoms with Gasteiger partial charge in [0.25, 0.3) is 0 Å². The standard InChI is InChI=1S/C24H37N3O3/c1-8-9-30-24(22(28)29-7)12-18(23(4,5)6)13-27(15-24)14-19-11-21-20(26-19)10-16(2)17(3)25-21/h10-11,18,26H,8-9,12-15H2,1-7H3/t18-,24+/m1/s1. The number of aryl methyl sites for hydroxylation is 2. The summed E-state index contributed by atoms with van der Waals surface area (Å²) in [6.07, 6.45) is 1.55. The minimum Gasteiger partial charge on any atom is -0.467 e. The Balaban J connectivity index is 1.91. The van der Waals surface area contributed by atoms with Crippen LogP contribution in [-0.4, -0.2) is 53.2 Å². The highest BCUT2D eigenvalue weighted by Crippen LogP contribution is 2.40. The van der Waals surface area contributed by atoms with Gasteiger partial charge < -0.3 is 14.5 Å². The average Bonchev–Trinajstić information content (AvgIpc) is 3.05. The fourth-order valence-corrected chi connectivity index (χ4v) is 4.39. The van der Waals surface area contributed by atoms with Crippen molar-refractivity contribution >= 4 is 17.0 Å². The maximum absolute atomic E-state index is 12.9. The van der Waals surface area contributed by atoms with E-state index in [1.807, 2.05) is 6.92 Å². The highest BCUT2D eigenvalue weighted by molar-refractivity contribution is 5.80. The van der Waals surface area contributed by atoms with Crippen LogP contribution in [0.3, 0.4) is 0 Å². The van der Waals surface area contributed by atoms with Crippen LogP contribution in [0.25, 0.3) is 11.0 Å². The van der Waals surface area contributed by atoms with Crippen LogP contribution in [0.2, 0.25) is 0 Å². The Morgan fingerprint density at radius 1 is 1.33 bits per heavy atom. The number of rotatable bonds is 6. The first-order valence-electron chi connectivity index (χ1n) is 11.0. The lowest BCUT2D eigenvalue weighted by Crippen LogP contribution is -2.59. The zero-order chi connectivity index (χ0) is 22.1. The number of likely N-dealkylation sites (tertiary alicyclic amines) is 1. The fraction of sp³-hybridized carbons (Fsp3) is 0.667. The largest absolute Gasteiger partial charge is 0.467 e. The average molecular weight is 416 g/mol. The number of ether oxygens (including phenoxy) is 2. The Morgan fingerprint density at radius 2 is 2.07 bits per heavy atom. The molecule has 1 N–H and O–H groups in total. The van der Waals surface area contributed by atoms with Crippen molar-refractivity contribution in [2.75, 3.05) is 26.8 Å². The molecule has 30 heavy (non-hydrogen) atoms. The van der Waals surface area contributed by atoms with Crippen LogP contribution in [0.4, 0.5) is 0 Å². The minimum atomic E-state index is -0.918. The van der Waals surface area contributed by atoms with Crippen molar-refractivity contribution in [2.45, 2.75) is 66.5 Å². The molecule has 3 heterocycles. The highest BCUT2D eigenvalue weighted by Gasteiger charge is 2.50. The number of hydrogen-bond donors (Lipinski definition) is 1. The smallest absolute Gasteiger partial charge is 0.339 e. The number of nitrogens with zero attached hydrogens (tertiary/aromatic N) is 2. The van der Waals surface area contributed by atoms with E-state index in [1.54, 1.807) is 0 Å². The van der Waals surface area contributed by atoms with Gasteiger partial charge in [0.15, 0.2) is 5.60 Å². The quantitative estimate of drug-likeness (QED) is 0.709. The van der Waals surface area contributed by atoms with Gasteiger partial charge in [-0.25, -0.2) is 4.79 Å². The van der Waals surface area contributed by atoms with Crippen molar-refractivity contribution < 1.29 is 14.3 Å². The summed E-state index contributed by atoms with van der Waals surface area (Å²) in [6.45, 7) is 15.6. The summed E-state index contributed by atoms with van der Waals surface area (Å²) in [6, 6.07) is 4.27. The number of hydrogen-bond acceptors (Lipinski definition) is 5. The number of piperidine rings is 1. The first-order chi connectivity index (χ1) is 14.1. The van der Waals surface area contributed by atoms with E-state index in [0.717, 1.165) is 41.9 Å². The molecule has 6 heteroatoms. The topological polar surface area (TPSA) is 67.5 Å². The Bertz CT molecular complexity index is 860. The molecule has 0 aromatic carbocycles. The maximum Gasteiger partial charge on any atom is 0.339 e. The van der Waals surface area contributed by atoms with Crippen molar-refractivity contribution in [1.29, 1.82) is 0 Å². The van der Waals surface area contributed by atoms with Crippen molar-refractivity contribution in [3.63, 3.8) is 0 Å². The second-order valence-corrected chi connectivity index (χ2v) is 9.89. The molecule has 0 spiro atoms. The summed E-state index contributed by atoms with van der Waals surface area (Å²) in [5.41, 5.74) is 4.52. The van der Waals surface area contributed by atoms with Crippen LogP contribution in [0, 0.1) is 25.2 Å². The van der Waals surface area contributed by atoms with E-state index in [-0.39, 0.29) is 11.4 Å². The molecule has 0 aliphatic carbocycles. The van der Waals surface area contributed by atoms with Crippen LogP contribution in [0.1, 0.15) is 57.5 Å². The molecule has 2 atom stereocenters. The summed E-state index contributed by atoms with van der Waals surface area (Å²) >= 11 is 0. The summed E-state index contributed by atoms with van der Waals surface area (Å²) in [4.78, 5) is 23.4. The SMILES string of the molecule is CCCO[C@@]1(C(=O)OC)C[C@@H](C(C)(C)C)CN(Cc2cc3nc(C)c(C)cc3[nH]2)C1. The first kappa shape index (κ1) is 22.8. The molecule has 2 aromatic heterocycles. The molecule has 0 unspecified atom stereocenters. The van der Waals surface area contributed by atoms with Crippen molar-refractivity contribution in [1.82, 2.24) is 14.9 Å². The van der Waals surface area contributed by atoms with E-state index >= 15 is 0 Å². The van der Waals surface area contributed by atoms with Crippen LogP contribution in [0.15, 0.2) is 12.1 Å². The van der Waals surface area contributed by atoms with Crippen LogP contribution < -0.4 is 0 Å². The summed E-state index contributed by atoms with van der Waals surface area (Å²) < 4.78 is 11.4. The number of methoxy groups -OCH3 is 1. The van der Waals surface area contributed by atoms with E-state index in [9.17, 15) is 4.79 Å². The molecule has 0 amide bonds. The third kappa shape index (κ3) is 4.70. The second kappa shape index (κ2) is 8.67. The third-order valence-corrected chi connectivity index (χ3v) is 6.39. The molecule has 1 saturated heterocycles. The van der Waals surface area contributed by atoms with Crippen molar-refractivity contribution in [3.8, 4) is 0 Å². The van der Waals surface area contributed by atoms with Gasteiger partial charge in [-0.15, -0.1) is 0 Å². The third-order valence-electron chi connectivity index (χ3n) is 6.39. The predicted octanol–water partition coefficient (Wildman–Crippen LogP) is 4.39. The number of fused-ring (bicyclic) bond motifs is 1. The fourth-order valence-electron chi connectivity index (χ4n) is 4.39. The Morgan fingerprint density at radius 3 is 2.70 bits per heavy atom. The zero-order valence-corrected chi connectivity index (χ0v) is 19.6. The van der Waals surface area contributed by atoms with Crippen LogP contribution in [-0.2, 0) is 20.8 Å².